The van der Waals surface area contributed by atoms with Gasteiger partial charge in [0.1, 0.15) is 11.2 Å². The summed E-state index contributed by atoms with van der Waals surface area (Å²) in [6.07, 6.45) is -8.83. The number of rotatable bonds is 7. The standard InChI is InChI=1S/C30H24ClF7N4O2/c31-20-8-9-22(18-4-6-19(7-5-18)28(32)10-12-41(13-11-28)17-29(33,34)35)23(14-20)25-3-1-2-21(40-25)16-42-26(30(36,37)38)24(15-39-42)27(43)44/h1-9,14-15H,10-13,16-17H2,(H,43,44). The Hall–Kier alpha value is -3.97. The number of hydrogen-bond donors (Lipinski definition) is 1. The second-order valence-electron chi connectivity index (χ2n) is 10.5. The van der Waals surface area contributed by atoms with Gasteiger partial charge in [0, 0.05) is 23.7 Å². The van der Waals surface area contributed by atoms with Gasteiger partial charge in [-0.2, -0.15) is 31.4 Å². The maximum absolute atomic E-state index is 15.8. The van der Waals surface area contributed by atoms with Crippen LogP contribution < -0.4 is 0 Å². The fourth-order valence-corrected chi connectivity index (χ4v) is 5.54. The van der Waals surface area contributed by atoms with Crippen molar-refractivity contribution >= 4 is 17.6 Å². The third-order valence-electron chi connectivity index (χ3n) is 7.48. The molecule has 1 aliphatic rings. The summed E-state index contributed by atoms with van der Waals surface area (Å²) in [4.78, 5) is 17.0. The number of carboxylic acids is 1. The Morgan fingerprint density at radius 2 is 1.64 bits per heavy atom. The summed E-state index contributed by atoms with van der Waals surface area (Å²) < 4.78 is 95.5. The second kappa shape index (κ2) is 11.8. The van der Waals surface area contributed by atoms with Crippen LogP contribution in [0.15, 0.2) is 66.9 Å². The summed E-state index contributed by atoms with van der Waals surface area (Å²) in [7, 11) is 0. The van der Waals surface area contributed by atoms with Gasteiger partial charge in [0.2, 0.25) is 0 Å². The summed E-state index contributed by atoms with van der Waals surface area (Å²) in [6.45, 7) is -1.59. The third kappa shape index (κ3) is 6.88. The number of aromatic nitrogens is 3. The molecule has 5 rings (SSSR count). The van der Waals surface area contributed by atoms with E-state index in [-0.39, 0.29) is 31.6 Å². The van der Waals surface area contributed by atoms with E-state index in [1.165, 1.54) is 11.0 Å². The molecule has 0 unspecified atom stereocenters. The van der Waals surface area contributed by atoms with Gasteiger partial charge in [-0.05, 0) is 53.8 Å². The van der Waals surface area contributed by atoms with E-state index in [4.69, 9.17) is 11.6 Å². The molecule has 1 fully saturated rings. The maximum Gasteiger partial charge on any atom is 0.433 e. The molecule has 3 heterocycles. The number of pyridine rings is 1. The van der Waals surface area contributed by atoms with Gasteiger partial charge >= 0.3 is 18.3 Å². The van der Waals surface area contributed by atoms with Crippen molar-refractivity contribution in [3.8, 4) is 22.4 Å². The maximum atomic E-state index is 15.8. The molecule has 0 amide bonds. The van der Waals surface area contributed by atoms with Crippen LogP contribution in [0, 0.1) is 0 Å². The lowest BCUT2D eigenvalue weighted by atomic mass is 9.85. The lowest BCUT2D eigenvalue weighted by Gasteiger charge is -2.37. The average molecular weight is 641 g/mol. The highest BCUT2D eigenvalue weighted by molar-refractivity contribution is 6.31. The summed E-state index contributed by atoms with van der Waals surface area (Å²) >= 11 is 6.28. The number of alkyl halides is 7. The Bertz CT molecular complexity index is 1660. The smallest absolute Gasteiger partial charge is 0.433 e. The molecule has 0 radical (unpaired) electrons. The molecule has 44 heavy (non-hydrogen) atoms. The van der Waals surface area contributed by atoms with Crippen LogP contribution in [0.1, 0.15) is 40.2 Å². The fourth-order valence-electron chi connectivity index (χ4n) is 5.37. The normalized spacial score (nSPS) is 15.8. The first-order valence-electron chi connectivity index (χ1n) is 13.3. The van der Waals surface area contributed by atoms with E-state index in [2.05, 4.69) is 10.1 Å². The monoisotopic (exact) mass is 640 g/mol. The van der Waals surface area contributed by atoms with Crippen LogP contribution in [0.3, 0.4) is 0 Å². The number of nitrogens with zero attached hydrogens (tertiary/aromatic N) is 4. The van der Waals surface area contributed by atoms with Crippen LogP contribution in [0.4, 0.5) is 30.7 Å². The van der Waals surface area contributed by atoms with Gasteiger partial charge in [0.05, 0.1) is 30.7 Å². The largest absolute Gasteiger partial charge is 0.478 e. The zero-order chi connectivity index (χ0) is 31.9. The van der Waals surface area contributed by atoms with E-state index in [1.807, 2.05) is 0 Å². The van der Waals surface area contributed by atoms with Crippen molar-refractivity contribution in [2.45, 2.75) is 37.4 Å². The Morgan fingerprint density at radius 3 is 2.25 bits per heavy atom. The number of likely N-dealkylation sites (tertiary alicyclic amines) is 1. The van der Waals surface area contributed by atoms with Crippen LogP contribution in [-0.4, -0.2) is 56.6 Å². The highest BCUT2D eigenvalue weighted by Gasteiger charge is 2.41. The zero-order valence-corrected chi connectivity index (χ0v) is 23.5. The first kappa shape index (κ1) is 31.5. The molecule has 2 aromatic carbocycles. The molecule has 2 aromatic heterocycles. The first-order valence-corrected chi connectivity index (χ1v) is 13.7. The van der Waals surface area contributed by atoms with Gasteiger partial charge in [-0.1, -0.05) is 48.0 Å². The minimum atomic E-state index is -4.97. The molecule has 1 saturated heterocycles. The number of carboxylic acid groups (broad SMARTS) is 1. The third-order valence-corrected chi connectivity index (χ3v) is 7.71. The van der Waals surface area contributed by atoms with E-state index in [1.54, 1.807) is 54.6 Å². The average Bonchev–Trinajstić information content (AvgIpc) is 3.39. The Kier molecular flexibility index (Phi) is 8.47. The van der Waals surface area contributed by atoms with Gasteiger partial charge < -0.3 is 5.11 Å². The van der Waals surface area contributed by atoms with Gasteiger partial charge in [0.25, 0.3) is 0 Å². The highest BCUT2D eigenvalue weighted by Crippen LogP contribution is 2.40. The second-order valence-corrected chi connectivity index (χ2v) is 10.9. The predicted octanol–water partition coefficient (Wildman–Crippen LogP) is 7.85. The highest BCUT2D eigenvalue weighted by atomic mass is 35.5. The number of halogens is 8. The molecular weight excluding hydrogens is 617 g/mol. The SMILES string of the molecule is O=C(O)c1cnn(Cc2cccc(-c3cc(Cl)ccc3-c3ccc(C4(F)CCN(CC(F)(F)F)CC4)cc3)n2)c1C(F)(F)F. The van der Waals surface area contributed by atoms with Crippen molar-refractivity contribution < 1.29 is 40.6 Å². The Morgan fingerprint density at radius 1 is 0.955 bits per heavy atom. The van der Waals surface area contributed by atoms with Crippen LogP contribution in [-0.2, 0) is 18.4 Å². The van der Waals surface area contributed by atoms with Crippen molar-refractivity contribution in [1.29, 1.82) is 0 Å². The van der Waals surface area contributed by atoms with E-state index in [0.717, 1.165) is 0 Å². The molecule has 0 atom stereocenters. The topological polar surface area (TPSA) is 71.2 Å². The molecule has 14 heteroatoms. The Labute approximate surface area is 251 Å². The van der Waals surface area contributed by atoms with Crippen LogP contribution in [0.5, 0.6) is 0 Å². The number of piperidine rings is 1. The summed E-state index contributed by atoms with van der Waals surface area (Å²) in [6, 6.07) is 16.2. The molecule has 6 nitrogen and oxygen atoms in total. The molecule has 4 aromatic rings. The van der Waals surface area contributed by atoms with Gasteiger partial charge in [0.15, 0.2) is 5.69 Å². The molecule has 0 aliphatic carbocycles. The lowest BCUT2D eigenvalue weighted by molar-refractivity contribution is -0.151. The fraction of sp³-hybridized carbons (Fsp3) is 0.300. The summed E-state index contributed by atoms with van der Waals surface area (Å²) in [5.74, 6) is -1.76. The molecule has 1 N–H and O–H groups in total. The van der Waals surface area contributed by atoms with Gasteiger partial charge in [-0.25, -0.2) is 9.18 Å². The van der Waals surface area contributed by atoms with Crippen molar-refractivity contribution in [3.63, 3.8) is 0 Å². The van der Waals surface area contributed by atoms with Crippen molar-refractivity contribution in [2.24, 2.45) is 0 Å². The zero-order valence-electron chi connectivity index (χ0n) is 22.8. The van der Waals surface area contributed by atoms with E-state index < -0.39 is 48.3 Å². The van der Waals surface area contributed by atoms with Crippen molar-refractivity contribution in [3.05, 3.63) is 94.4 Å². The minimum Gasteiger partial charge on any atom is -0.478 e. The molecule has 0 bridgehead atoms. The minimum absolute atomic E-state index is 0.0261. The van der Waals surface area contributed by atoms with Crippen LogP contribution >= 0.6 is 11.6 Å². The van der Waals surface area contributed by atoms with Gasteiger partial charge in [-0.3, -0.25) is 14.6 Å². The number of carbonyl (C=O) groups is 1. The van der Waals surface area contributed by atoms with E-state index in [0.29, 0.717) is 43.8 Å². The molecule has 0 saturated carbocycles. The Balaban J connectivity index is 1.41. The first-order chi connectivity index (χ1) is 20.6. The number of aromatic carboxylic acids is 1. The van der Waals surface area contributed by atoms with Gasteiger partial charge in [-0.15, -0.1) is 0 Å². The quantitative estimate of drug-likeness (QED) is 0.208. The number of hydrogen-bond acceptors (Lipinski definition) is 4. The van der Waals surface area contributed by atoms with Crippen molar-refractivity contribution in [1.82, 2.24) is 19.7 Å². The summed E-state index contributed by atoms with van der Waals surface area (Å²) in [5.41, 5.74) is -1.44. The summed E-state index contributed by atoms with van der Waals surface area (Å²) in [5, 5.41) is 13.2. The van der Waals surface area contributed by atoms with E-state index in [9.17, 15) is 36.2 Å². The van der Waals surface area contributed by atoms with Crippen LogP contribution in [0.25, 0.3) is 22.4 Å². The van der Waals surface area contributed by atoms with E-state index >= 15 is 4.39 Å². The lowest BCUT2D eigenvalue weighted by Crippen LogP contribution is -2.44. The van der Waals surface area contributed by atoms with Crippen molar-refractivity contribution in [2.75, 3.05) is 19.6 Å². The number of benzene rings is 2. The molecule has 1 aliphatic heterocycles. The molecule has 232 valence electrons. The molecule has 0 spiro atoms. The van der Waals surface area contributed by atoms with Crippen LogP contribution in [0.2, 0.25) is 5.02 Å². The molecular formula is C30H24ClF7N4O2. The predicted molar refractivity (Wildman–Crippen MR) is 148 cm³/mol.